The van der Waals surface area contributed by atoms with E-state index in [0.717, 1.165) is 5.56 Å². The molecule has 0 spiro atoms. The number of imide groups is 1. The van der Waals surface area contributed by atoms with Gasteiger partial charge in [0, 0.05) is 17.1 Å². The van der Waals surface area contributed by atoms with Gasteiger partial charge in [0.05, 0.1) is 11.1 Å². The maximum absolute atomic E-state index is 12.3. The van der Waals surface area contributed by atoms with Crippen molar-refractivity contribution in [2.45, 2.75) is 12.8 Å². The van der Waals surface area contributed by atoms with E-state index in [2.05, 4.69) is 10.0 Å². The van der Waals surface area contributed by atoms with E-state index in [9.17, 15) is 9.59 Å². The molecule has 3 rings (SSSR count). The standard InChI is InChI=1S/C17H14N4O2/c18-20-19-15-10-4-1-6-12(15)7-5-11-21-16(22)13-8-2-3-9-14(13)17(21)23/h1-4,6,8-10H,5,7,11H2. The van der Waals surface area contributed by atoms with Crippen molar-refractivity contribution in [2.24, 2.45) is 5.11 Å². The average molecular weight is 306 g/mol. The summed E-state index contributed by atoms with van der Waals surface area (Å²) in [6, 6.07) is 14.2. The van der Waals surface area contributed by atoms with Gasteiger partial charge >= 0.3 is 0 Å². The molecule has 0 saturated carbocycles. The van der Waals surface area contributed by atoms with Crippen molar-refractivity contribution < 1.29 is 9.59 Å². The molecule has 2 amide bonds. The number of rotatable bonds is 5. The highest BCUT2D eigenvalue weighted by molar-refractivity contribution is 6.21. The number of aryl methyl sites for hydroxylation is 1. The van der Waals surface area contributed by atoms with Crippen LogP contribution in [0.1, 0.15) is 32.7 Å². The molecular formula is C17H14N4O2. The number of nitrogens with zero attached hydrogens (tertiary/aromatic N) is 4. The topological polar surface area (TPSA) is 86.1 Å². The fraction of sp³-hybridized carbons (Fsp3) is 0.176. The Balaban J connectivity index is 1.68. The third-order valence-electron chi connectivity index (χ3n) is 3.85. The number of carbonyl (C=O) groups excluding carboxylic acids is 2. The van der Waals surface area contributed by atoms with Crippen LogP contribution in [0.25, 0.3) is 10.4 Å². The summed E-state index contributed by atoms with van der Waals surface area (Å²) in [5.74, 6) is -0.483. The van der Waals surface area contributed by atoms with Gasteiger partial charge in [-0.15, -0.1) is 0 Å². The number of hydrogen-bond acceptors (Lipinski definition) is 3. The second-order valence-electron chi connectivity index (χ2n) is 5.23. The minimum atomic E-state index is -0.242. The van der Waals surface area contributed by atoms with Gasteiger partial charge in [-0.3, -0.25) is 14.5 Å². The van der Waals surface area contributed by atoms with Crippen molar-refractivity contribution in [3.8, 4) is 0 Å². The zero-order chi connectivity index (χ0) is 16.2. The lowest BCUT2D eigenvalue weighted by atomic mass is 10.1. The van der Waals surface area contributed by atoms with Gasteiger partial charge in [0.2, 0.25) is 0 Å². The molecule has 0 radical (unpaired) electrons. The van der Waals surface area contributed by atoms with Crippen LogP contribution in [-0.2, 0) is 6.42 Å². The van der Waals surface area contributed by atoms with Gasteiger partial charge in [0.25, 0.3) is 11.8 Å². The van der Waals surface area contributed by atoms with Crippen LogP contribution in [0.4, 0.5) is 5.69 Å². The summed E-state index contributed by atoms with van der Waals surface area (Å²) < 4.78 is 0. The Morgan fingerprint density at radius 2 is 1.57 bits per heavy atom. The number of carbonyl (C=O) groups is 2. The van der Waals surface area contributed by atoms with E-state index in [4.69, 9.17) is 5.53 Å². The molecule has 0 aromatic heterocycles. The van der Waals surface area contributed by atoms with E-state index in [1.165, 1.54) is 4.90 Å². The second-order valence-corrected chi connectivity index (χ2v) is 5.23. The molecule has 0 unspecified atom stereocenters. The Bertz CT molecular complexity index is 790. The van der Waals surface area contributed by atoms with Crippen LogP contribution in [0.3, 0.4) is 0 Å². The molecule has 0 atom stereocenters. The molecule has 0 N–H and O–H groups in total. The molecule has 1 aliphatic rings. The molecule has 1 aliphatic heterocycles. The number of azide groups is 1. The molecule has 23 heavy (non-hydrogen) atoms. The molecule has 0 bridgehead atoms. The van der Waals surface area contributed by atoms with Crippen LogP contribution in [0.15, 0.2) is 53.6 Å². The lowest BCUT2D eigenvalue weighted by molar-refractivity contribution is 0.0652. The quantitative estimate of drug-likeness (QED) is 0.363. The Labute approximate surface area is 133 Å². The van der Waals surface area contributed by atoms with Crippen LogP contribution in [0, 0.1) is 0 Å². The zero-order valence-electron chi connectivity index (χ0n) is 12.3. The molecule has 6 heteroatoms. The minimum absolute atomic E-state index is 0.242. The molecule has 2 aromatic carbocycles. The Kier molecular flexibility index (Phi) is 4.08. The molecule has 0 aliphatic carbocycles. The Morgan fingerprint density at radius 1 is 0.957 bits per heavy atom. The summed E-state index contributed by atoms with van der Waals surface area (Å²) in [6.07, 6.45) is 1.24. The largest absolute Gasteiger partial charge is 0.274 e. The van der Waals surface area contributed by atoms with Crippen molar-refractivity contribution in [1.82, 2.24) is 4.90 Å². The summed E-state index contributed by atoms with van der Waals surface area (Å²) in [4.78, 5) is 28.6. The average Bonchev–Trinajstić information content (AvgIpc) is 2.82. The molecule has 2 aromatic rings. The molecule has 1 heterocycles. The van der Waals surface area contributed by atoms with Crippen LogP contribution >= 0.6 is 0 Å². The predicted molar refractivity (Wildman–Crippen MR) is 85.4 cm³/mol. The number of hydrogen-bond donors (Lipinski definition) is 0. The predicted octanol–water partition coefficient (Wildman–Crippen LogP) is 3.86. The van der Waals surface area contributed by atoms with Gasteiger partial charge in [-0.25, -0.2) is 0 Å². The van der Waals surface area contributed by atoms with Gasteiger partial charge in [0.1, 0.15) is 0 Å². The van der Waals surface area contributed by atoms with E-state index < -0.39 is 0 Å². The normalized spacial score (nSPS) is 13.0. The minimum Gasteiger partial charge on any atom is -0.274 e. The first-order chi connectivity index (χ1) is 11.2. The van der Waals surface area contributed by atoms with Crippen molar-refractivity contribution in [3.05, 3.63) is 75.7 Å². The van der Waals surface area contributed by atoms with E-state index in [-0.39, 0.29) is 11.8 Å². The number of benzene rings is 2. The number of fused-ring (bicyclic) bond motifs is 1. The zero-order valence-corrected chi connectivity index (χ0v) is 12.3. The summed E-state index contributed by atoms with van der Waals surface area (Å²) in [5.41, 5.74) is 11.0. The van der Waals surface area contributed by atoms with Crippen molar-refractivity contribution in [1.29, 1.82) is 0 Å². The molecule has 0 fully saturated rings. The SMILES string of the molecule is [N-]=[N+]=Nc1ccccc1CCCN1C(=O)c2ccccc2C1=O. The number of amides is 2. The van der Waals surface area contributed by atoms with Gasteiger partial charge in [-0.2, -0.15) is 0 Å². The van der Waals surface area contributed by atoms with Gasteiger partial charge in [-0.05, 0) is 36.1 Å². The second kappa shape index (κ2) is 6.34. The first-order valence-corrected chi connectivity index (χ1v) is 7.30. The van der Waals surface area contributed by atoms with Crippen LogP contribution < -0.4 is 0 Å². The molecule has 114 valence electrons. The van der Waals surface area contributed by atoms with E-state index in [1.807, 2.05) is 12.1 Å². The summed E-state index contributed by atoms with van der Waals surface area (Å²) in [7, 11) is 0. The maximum Gasteiger partial charge on any atom is 0.261 e. The lowest BCUT2D eigenvalue weighted by Crippen LogP contribution is -2.30. The third-order valence-corrected chi connectivity index (χ3v) is 3.85. The van der Waals surface area contributed by atoms with Crippen LogP contribution in [0.2, 0.25) is 0 Å². The highest BCUT2D eigenvalue weighted by Gasteiger charge is 2.34. The fourth-order valence-electron chi connectivity index (χ4n) is 2.74. The van der Waals surface area contributed by atoms with Crippen molar-refractivity contribution in [2.75, 3.05) is 6.54 Å². The van der Waals surface area contributed by atoms with Gasteiger partial charge < -0.3 is 0 Å². The lowest BCUT2D eigenvalue weighted by Gasteiger charge is -2.14. The maximum atomic E-state index is 12.3. The van der Waals surface area contributed by atoms with E-state index in [0.29, 0.717) is 36.2 Å². The third kappa shape index (κ3) is 2.80. The first-order valence-electron chi connectivity index (χ1n) is 7.30. The molecular weight excluding hydrogens is 292 g/mol. The highest BCUT2D eigenvalue weighted by Crippen LogP contribution is 2.24. The summed E-state index contributed by atoms with van der Waals surface area (Å²) in [5, 5.41) is 3.65. The molecule has 0 saturated heterocycles. The Morgan fingerprint density at radius 3 is 2.22 bits per heavy atom. The van der Waals surface area contributed by atoms with Gasteiger partial charge in [0.15, 0.2) is 0 Å². The van der Waals surface area contributed by atoms with E-state index in [1.54, 1.807) is 36.4 Å². The van der Waals surface area contributed by atoms with Gasteiger partial charge in [-0.1, -0.05) is 41.5 Å². The first kappa shape index (κ1) is 14.8. The smallest absolute Gasteiger partial charge is 0.261 e. The van der Waals surface area contributed by atoms with Crippen LogP contribution in [-0.4, -0.2) is 23.3 Å². The van der Waals surface area contributed by atoms with Crippen LogP contribution in [0.5, 0.6) is 0 Å². The van der Waals surface area contributed by atoms with Crippen molar-refractivity contribution in [3.63, 3.8) is 0 Å². The summed E-state index contributed by atoms with van der Waals surface area (Å²) in [6.45, 7) is 0.344. The Hall–Kier alpha value is -3.11. The monoisotopic (exact) mass is 306 g/mol. The van der Waals surface area contributed by atoms with Crippen molar-refractivity contribution >= 4 is 17.5 Å². The molecule has 6 nitrogen and oxygen atoms in total. The highest BCUT2D eigenvalue weighted by atomic mass is 16.2. The summed E-state index contributed by atoms with van der Waals surface area (Å²) >= 11 is 0. The van der Waals surface area contributed by atoms with E-state index >= 15 is 0 Å². The fourth-order valence-corrected chi connectivity index (χ4v) is 2.74.